The fraction of sp³-hybridized carbons (Fsp3) is 0.538. The van der Waals surface area contributed by atoms with Gasteiger partial charge >= 0.3 is 0 Å². The Hall–Kier alpha value is -1.02. The van der Waals surface area contributed by atoms with E-state index in [-0.39, 0.29) is 6.10 Å². The molecular formula is C13H18O2. The lowest BCUT2D eigenvalue weighted by molar-refractivity contribution is 0.117. The number of ether oxygens (including phenoxy) is 1. The van der Waals surface area contributed by atoms with Crippen LogP contribution in [0.15, 0.2) is 30.3 Å². The van der Waals surface area contributed by atoms with E-state index in [4.69, 9.17) is 4.74 Å². The van der Waals surface area contributed by atoms with Gasteiger partial charge in [0, 0.05) is 0 Å². The van der Waals surface area contributed by atoms with Crippen molar-refractivity contribution < 1.29 is 9.84 Å². The Kier molecular flexibility index (Phi) is 3.62. The lowest BCUT2D eigenvalue weighted by Gasteiger charge is -2.14. The molecule has 0 amide bonds. The largest absolute Gasteiger partial charge is 0.494 e. The van der Waals surface area contributed by atoms with Crippen molar-refractivity contribution in [2.45, 2.75) is 31.8 Å². The minimum Gasteiger partial charge on any atom is -0.494 e. The summed E-state index contributed by atoms with van der Waals surface area (Å²) < 4.78 is 5.61. The molecule has 0 spiro atoms. The summed E-state index contributed by atoms with van der Waals surface area (Å²) in [5.41, 5.74) is 0. The van der Waals surface area contributed by atoms with Crippen LogP contribution < -0.4 is 4.74 Å². The summed E-state index contributed by atoms with van der Waals surface area (Å²) in [4.78, 5) is 0. The standard InChI is InChI=1S/C13H18O2/c14-13-8-4-5-11(13)9-10-15-12-6-2-1-3-7-12/h1-3,6-7,11,13-14H,4-5,8-10H2. The summed E-state index contributed by atoms with van der Waals surface area (Å²) in [6.45, 7) is 0.714. The van der Waals surface area contributed by atoms with E-state index in [1.165, 1.54) is 0 Å². The molecule has 1 saturated carbocycles. The third-order valence-electron chi connectivity index (χ3n) is 3.12. The van der Waals surface area contributed by atoms with Crippen LogP contribution >= 0.6 is 0 Å². The Morgan fingerprint density at radius 2 is 2.00 bits per heavy atom. The summed E-state index contributed by atoms with van der Waals surface area (Å²) in [5, 5.41) is 9.63. The minimum atomic E-state index is -0.0932. The van der Waals surface area contributed by atoms with Crippen LogP contribution in [0.25, 0.3) is 0 Å². The highest BCUT2D eigenvalue weighted by atomic mass is 16.5. The quantitative estimate of drug-likeness (QED) is 0.820. The highest BCUT2D eigenvalue weighted by Gasteiger charge is 2.24. The molecule has 0 saturated heterocycles. The summed E-state index contributed by atoms with van der Waals surface area (Å²) in [7, 11) is 0. The average molecular weight is 206 g/mol. The zero-order valence-electron chi connectivity index (χ0n) is 8.93. The Balaban J connectivity index is 1.71. The molecule has 2 rings (SSSR count). The predicted octanol–water partition coefficient (Wildman–Crippen LogP) is 2.62. The molecule has 0 aromatic heterocycles. The van der Waals surface area contributed by atoms with E-state index in [9.17, 15) is 5.11 Å². The van der Waals surface area contributed by atoms with E-state index >= 15 is 0 Å². The van der Waals surface area contributed by atoms with Crippen LogP contribution in [0, 0.1) is 5.92 Å². The Morgan fingerprint density at radius 1 is 1.20 bits per heavy atom. The normalized spacial score (nSPS) is 25.4. The minimum absolute atomic E-state index is 0.0932. The topological polar surface area (TPSA) is 29.5 Å². The van der Waals surface area contributed by atoms with Crippen LogP contribution in [-0.4, -0.2) is 17.8 Å². The molecular weight excluding hydrogens is 188 g/mol. The maximum atomic E-state index is 9.63. The van der Waals surface area contributed by atoms with Crippen molar-refractivity contribution in [3.63, 3.8) is 0 Å². The third kappa shape index (κ3) is 2.96. The number of aliphatic hydroxyl groups is 1. The van der Waals surface area contributed by atoms with E-state index in [1.54, 1.807) is 0 Å². The third-order valence-corrected chi connectivity index (χ3v) is 3.12. The van der Waals surface area contributed by atoms with Gasteiger partial charge in [-0.15, -0.1) is 0 Å². The molecule has 0 heterocycles. The number of aliphatic hydroxyl groups excluding tert-OH is 1. The molecule has 1 aliphatic rings. The van der Waals surface area contributed by atoms with Crippen molar-refractivity contribution in [2.75, 3.05) is 6.61 Å². The van der Waals surface area contributed by atoms with Crippen molar-refractivity contribution in [1.82, 2.24) is 0 Å². The molecule has 2 heteroatoms. The van der Waals surface area contributed by atoms with Crippen LogP contribution in [0.2, 0.25) is 0 Å². The number of para-hydroxylation sites is 1. The van der Waals surface area contributed by atoms with E-state index in [0.29, 0.717) is 12.5 Å². The number of benzene rings is 1. The lowest BCUT2D eigenvalue weighted by atomic mass is 10.0. The van der Waals surface area contributed by atoms with Crippen molar-refractivity contribution in [1.29, 1.82) is 0 Å². The van der Waals surface area contributed by atoms with Crippen LogP contribution in [0.4, 0.5) is 0 Å². The van der Waals surface area contributed by atoms with E-state index in [0.717, 1.165) is 31.4 Å². The molecule has 1 N–H and O–H groups in total. The van der Waals surface area contributed by atoms with Gasteiger partial charge in [-0.3, -0.25) is 0 Å². The number of hydrogen-bond acceptors (Lipinski definition) is 2. The molecule has 15 heavy (non-hydrogen) atoms. The van der Waals surface area contributed by atoms with Gasteiger partial charge in [-0.05, 0) is 37.3 Å². The van der Waals surface area contributed by atoms with Crippen molar-refractivity contribution in [3.05, 3.63) is 30.3 Å². The molecule has 1 aliphatic carbocycles. The second-order valence-corrected chi connectivity index (χ2v) is 4.21. The van der Waals surface area contributed by atoms with E-state index in [1.807, 2.05) is 30.3 Å². The maximum Gasteiger partial charge on any atom is 0.119 e. The monoisotopic (exact) mass is 206 g/mol. The molecule has 0 bridgehead atoms. The molecule has 1 aromatic rings. The van der Waals surface area contributed by atoms with Gasteiger partial charge < -0.3 is 9.84 Å². The van der Waals surface area contributed by atoms with Gasteiger partial charge in [-0.2, -0.15) is 0 Å². The van der Waals surface area contributed by atoms with Gasteiger partial charge in [-0.1, -0.05) is 24.6 Å². The average Bonchev–Trinajstić information content (AvgIpc) is 2.66. The first-order chi connectivity index (χ1) is 7.36. The fourth-order valence-electron chi connectivity index (χ4n) is 2.20. The summed E-state index contributed by atoms with van der Waals surface area (Å²) in [5.74, 6) is 1.37. The van der Waals surface area contributed by atoms with Crippen LogP contribution in [0.3, 0.4) is 0 Å². The van der Waals surface area contributed by atoms with Gasteiger partial charge in [0.1, 0.15) is 5.75 Å². The molecule has 2 unspecified atom stereocenters. The fourth-order valence-corrected chi connectivity index (χ4v) is 2.20. The summed E-state index contributed by atoms with van der Waals surface area (Å²) in [6.07, 6.45) is 4.16. The zero-order chi connectivity index (χ0) is 10.5. The summed E-state index contributed by atoms with van der Waals surface area (Å²) >= 11 is 0. The molecule has 1 fully saturated rings. The van der Waals surface area contributed by atoms with Gasteiger partial charge in [0.15, 0.2) is 0 Å². The van der Waals surface area contributed by atoms with Gasteiger partial charge in [0.05, 0.1) is 12.7 Å². The summed E-state index contributed by atoms with van der Waals surface area (Å²) in [6, 6.07) is 9.85. The molecule has 2 nitrogen and oxygen atoms in total. The maximum absolute atomic E-state index is 9.63. The van der Waals surface area contributed by atoms with Crippen LogP contribution in [-0.2, 0) is 0 Å². The Labute approximate surface area is 90.9 Å². The highest BCUT2D eigenvalue weighted by Crippen LogP contribution is 2.28. The van der Waals surface area contributed by atoms with Crippen LogP contribution in [0.1, 0.15) is 25.7 Å². The van der Waals surface area contributed by atoms with Crippen molar-refractivity contribution in [2.24, 2.45) is 5.92 Å². The molecule has 0 aliphatic heterocycles. The molecule has 0 radical (unpaired) electrons. The SMILES string of the molecule is OC1CCCC1CCOc1ccccc1. The smallest absolute Gasteiger partial charge is 0.119 e. The first-order valence-electron chi connectivity index (χ1n) is 5.72. The zero-order valence-corrected chi connectivity index (χ0v) is 8.93. The lowest BCUT2D eigenvalue weighted by Crippen LogP contribution is -2.15. The number of rotatable bonds is 4. The first-order valence-corrected chi connectivity index (χ1v) is 5.72. The van der Waals surface area contributed by atoms with Gasteiger partial charge in [-0.25, -0.2) is 0 Å². The molecule has 1 aromatic carbocycles. The Bertz CT molecular complexity index is 284. The molecule has 2 atom stereocenters. The van der Waals surface area contributed by atoms with Gasteiger partial charge in [0.2, 0.25) is 0 Å². The second-order valence-electron chi connectivity index (χ2n) is 4.21. The second kappa shape index (κ2) is 5.17. The first kappa shape index (κ1) is 10.5. The van der Waals surface area contributed by atoms with Crippen molar-refractivity contribution in [3.8, 4) is 5.75 Å². The number of hydrogen-bond donors (Lipinski definition) is 1. The van der Waals surface area contributed by atoms with E-state index < -0.39 is 0 Å². The Morgan fingerprint density at radius 3 is 2.67 bits per heavy atom. The van der Waals surface area contributed by atoms with Crippen LogP contribution in [0.5, 0.6) is 5.75 Å². The molecule has 82 valence electrons. The van der Waals surface area contributed by atoms with Crippen molar-refractivity contribution >= 4 is 0 Å². The van der Waals surface area contributed by atoms with E-state index in [2.05, 4.69) is 0 Å². The van der Waals surface area contributed by atoms with Gasteiger partial charge in [0.25, 0.3) is 0 Å². The predicted molar refractivity (Wildman–Crippen MR) is 59.9 cm³/mol. The highest BCUT2D eigenvalue weighted by molar-refractivity contribution is 5.20.